The molecule has 0 aromatic carbocycles. The normalized spacial score (nSPS) is 30.8. The highest BCUT2D eigenvalue weighted by atomic mass is 16.5. The molecule has 2 aliphatic rings. The summed E-state index contributed by atoms with van der Waals surface area (Å²) < 4.78 is 15.7. The fourth-order valence-electron chi connectivity index (χ4n) is 6.93. The van der Waals surface area contributed by atoms with Gasteiger partial charge < -0.3 is 14.2 Å². The van der Waals surface area contributed by atoms with Crippen LogP contribution in [0.25, 0.3) is 0 Å². The number of carbonyl (C=O) groups is 4. The summed E-state index contributed by atoms with van der Waals surface area (Å²) in [4.78, 5) is 63.9. The predicted molar refractivity (Wildman–Crippen MR) is 131 cm³/mol. The molecule has 2 fully saturated rings. The van der Waals surface area contributed by atoms with Crippen LogP contribution in [-0.4, -0.2) is 54.5 Å². The number of methoxy groups -OCH3 is 2. The standard InChI is InChI=1S/C28H32N2O7/c1-5-37-21(31)14-18-15-27(25(33)35-3)22(19-10-6-8-12-29-19)17(2)23(20-11-7-9-13-30-20)28(16-18,24(27)32)26(34)36-4/h6-13,17-18,22-23H,5,14-16H2,1-4H3. The van der Waals surface area contributed by atoms with E-state index in [1.165, 1.54) is 14.2 Å². The molecule has 9 heteroatoms. The number of ketones is 1. The minimum absolute atomic E-state index is 0.0244. The summed E-state index contributed by atoms with van der Waals surface area (Å²) >= 11 is 0. The molecule has 2 aliphatic carbocycles. The SMILES string of the molecule is CCOC(=O)CC1CC2(C(=O)OC)C(=O)C(C(=O)OC)(C1)C(c1ccccn1)C(C)C2c1ccccn1. The highest BCUT2D eigenvalue weighted by Gasteiger charge is 2.75. The molecular weight excluding hydrogens is 476 g/mol. The zero-order valence-corrected chi connectivity index (χ0v) is 21.5. The Hall–Kier alpha value is -3.62. The number of pyridine rings is 2. The Morgan fingerprint density at radius 2 is 1.38 bits per heavy atom. The second-order valence-electron chi connectivity index (χ2n) is 9.86. The number of ether oxygens (including phenoxy) is 3. The van der Waals surface area contributed by atoms with Crippen molar-refractivity contribution in [1.29, 1.82) is 0 Å². The van der Waals surface area contributed by atoms with Crippen LogP contribution in [0.5, 0.6) is 0 Å². The number of Topliss-reactive ketones (excluding diaryl/α,β-unsaturated/α-hetero) is 1. The summed E-state index contributed by atoms with van der Waals surface area (Å²) in [6.07, 6.45) is 3.20. The van der Waals surface area contributed by atoms with E-state index < -0.39 is 58.2 Å². The van der Waals surface area contributed by atoms with E-state index in [1.54, 1.807) is 55.7 Å². The first-order valence-corrected chi connectivity index (χ1v) is 12.5. The lowest BCUT2D eigenvalue weighted by Gasteiger charge is -2.58. The topological polar surface area (TPSA) is 122 Å². The van der Waals surface area contributed by atoms with Crippen LogP contribution < -0.4 is 0 Å². The lowest BCUT2D eigenvalue weighted by atomic mass is 9.40. The van der Waals surface area contributed by atoms with Gasteiger partial charge in [0, 0.05) is 42.0 Å². The van der Waals surface area contributed by atoms with Crippen LogP contribution in [0.1, 0.15) is 56.3 Å². The monoisotopic (exact) mass is 508 g/mol. The van der Waals surface area contributed by atoms with Gasteiger partial charge in [0.15, 0.2) is 5.78 Å². The molecule has 0 radical (unpaired) electrons. The number of esters is 3. The Labute approximate surface area is 215 Å². The van der Waals surface area contributed by atoms with Gasteiger partial charge in [-0.15, -0.1) is 0 Å². The van der Waals surface area contributed by atoms with Crippen molar-refractivity contribution in [3.63, 3.8) is 0 Å². The Bertz CT molecular complexity index is 1090. The molecule has 2 aromatic heterocycles. The van der Waals surface area contributed by atoms with E-state index in [2.05, 4.69) is 9.97 Å². The minimum Gasteiger partial charge on any atom is -0.468 e. The van der Waals surface area contributed by atoms with Crippen molar-refractivity contribution in [2.75, 3.05) is 20.8 Å². The van der Waals surface area contributed by atoms with Gasteiger partial charge in [0.2, 0.25) is 0 Å². The summed E-state index contributed by atoms with van der Waals surface area (Å²) in [5.41, 5.74) is -2.44. The molecule has 2 heterocycles. The largest absolute Gasteiger partial charge is 0.468 e. The van der Waals surface area contributed by atoms with Crippen molar-refractivity contribution in [3.8, 4) is 0 Å². The molecule has 0 aliphatic heterocycles. The van der Waals surface area contributed by atoms with Crippen LogP contribution in [0.4, 0.5) is 0 Å². The van der Waals surface area contributed by atoms with Gasteiger partial charge in [-0.1, -0.05) is 19.1 Å². The van der Waals surface area contributed by atoms with Crippen LogP contribution in [0.15, 0.2) is 48.8 Å². The first kappa shape index (κ1) is 26.4. The van der Waals surface area contributed by atoms with Gasteiger partial charge in [-0.25, -0.2) is 0 Å². The zero-order valence-electron chi connectivity index (χ0n) is 21.5. The van der Waals surface area contributed by atoms with E-state index >= 15 is 0 Å². The molecule has 37 heavy (non-hydrogen) atoms. The lowest BCUT2D eigenvalue weighted by Crippen LogP contribution is -2.67. The van der Waals surface area contributed by atoms with Crippen molar-refractivity contribution < 1.29 is 33.4 Å². The van der Waals surface area contributed by atoms with Crippen LogP contribution in [0.3, 0.4) is 0 Å². The van der Waals surface area contributed by atoms with Crippen LogP contribution in [-0.2, 0) is 33.4 Å². The molecule has 0 amide bonds. The summed E-state index contributed by atoms with van der Waals surface area (Å²) in [5.74, 6) is -4.96. The Morgan fingerprint density at radius 3 is 1.76 bits per heavy atom. The number of fused-ring (bicyclic) bond motifs is 2. The first-order chi connectivity index (χ1) is 17.8. The van der Waals surface area contributed by atoms with Gasteiger partial charge in [-0.3, -0.25) is 29.1 Å². The third-order valence-electron chi connectivity index (χ3n) is 8.02. The van der Waals surface area contributed by atoms with Crippen LogP contribution in [0.2, 0.25) is 0 Å². The average molecular weight is 509 g/mol. The molecule has 9 nitrogen and oxygen atoms in total. The third kappa shape index (κ3) is 4.10. The third-order valence-corrected chi connectivity index (χ3v) is 8.02. The Balaban J connectivity index is 2.03. The zero-order chi connectivity index (χ0) is 26.8. The number of hydrogen-bond acceptors (Lipinski definition) is 9. The van der Waals surface area contributed by atoms with Crippen LogP contribution in [0, 0.1) is 22.7 Å². The summed E-state index contributed by atoms with van der Waals surface area (Å²) in [7, 11) is 2.45. The van der Waals surface area contributed by atoms with Crippen LogP contribution >= 0.6 is 0 Å². The number of nitrogens with zero attached hydrogens (tertiary/aromatic N) is 2. The number of rotatable bonds is 7. The Morgan fingerprint density at radius 1 is 0.892 bits per heavy atom. The van der Waals surface area contributed by atoms with E-state index in [1.807, 2.05) is 6.92 Å². The maximum Gasteiger partial charge on any atom is 0.320 e. The smallest absolute Gasteiger partial charge is 0.320 e. The number of carbonyl (C=O) groups excluding carboxylic acids is 4. The highest BCUT2D eigenvalue weighted by Crippen LogP contribution is 2.67. The highest BCUT2D eigenvalue weighted by molar-refractivity contribution is 6.17. The molecule has 2 saturated carbocycles. The van der Waals surface area contributed by atoms with Gasteiger partial charge in [-0.2, -0.15) is 0 Å². The fourth-order valence-corrected chi connectivity index (χ4v) is 6.93. The molecule has 4 rings (SSSR count). The predicted octanol–water partition coefficient (Wildman–Crippen LogP) is 3.24. The molecule has 2 bridgehead atoms. The van der Waals surface area contributed by atoms with Crippen molar-refractivity contribution in [2.24, 2.45) is 22.7 Å². The lowest BCUT2D eigenvalue weighted by molar-refractivity contribution is -0.191. The fraction of sp³-hybridized carbons (Fsp3) is 0.500. The quantitative estimate of drug-likeness (QED) is 0.315. The van der Waals surface area contributed by atoms with E-state index in [-0.39, 0.29) is 25.9 Å². The Kier molecular flexibility index (Phi) is 7.43. The second kappa shape index (κ2) is 10.4. The first-order valence-electron chi connectivity index (χ1n) is 12.5. The molecule has 2 aromatic rings. The summed E-state index contributed by atoms with van der Waals surface area (Å²) in [6, 6.07) is 10.6. The maximum absolute atomic E-state index is 14.7. The van der Waals surface area contributed by atoms with Gasteiger partial charge in [-0.05, 0) is 55.9 Å². The maximum atomic E-state index is 14.7. The summed E-state index contributed by atoms with van der Waals surface area (Å²) in [5, 5.41) is 0. The summed E-state index contributed by atoms with van der Waals surface area (Å²) in [6.45, 7) is 3.81. The van der Waals surface area contributed by atoms with Crippen molar-refractivity contribution in [3.05, 3.63) is 60.2 Å². The van der Waals surface area contributed by atoms with Gasteiger partial charge in [0.1, 0.15) is 10.8 Å². The van der Waals surface area contributed by atoms with Gasteiger partial charge >= 0.3 is 17.9 Å². The molecule has 0 N–H and O–H groups in total. The van der Waals surface area contributed by atoms with E-state index in [9.17, 15) is 19.2 Å². The molecule has 4 unspecified atom stereocenters. The number of hydrogen-bond donors (Lipinski definition) is 0. The molecule has 0 spiro atoms. The average Bonchev–Trinajstić information content (AvgIpc) is 2.90. The molecular formula is C28H32N2O7. The van der Waals surface area contributed by atoms with Crippen molar-refractivity contribution in [1.82, 2.24) is 9.97 Å². The van der Waals surface area contributed by atoms with Crippen molar-refractivity contribution in [2.45, 2.75) is 44.9 Å². The molecule has 196 valence electrons. The van der Waals surface area contributed by atoms with Crippen molar-refractivity contribution >= 4 is 23.7 Å². The number of aromatic nitrogens is 2. The minimum atomic E-state index is -1.75. The van der Waals surface area contributed by atoms with Gasteiger partial charge in [0.05, 0.1) is 20.8 Å². The van der Waals surface area contributed by atoms with Gasteiger partial charge in [0.25, 0.3) is 0 Å². The molecule has 0 saturated heterocycles. The van der Waals surface area contributed by atoms with E-state index in [0.29, 0.717) is 11.4 Å². The van der Waals surface area contributed by atoms with E-state index in [4.69, 9.17) is 14.2 Å². The second-order valence-corrected chi connectivity index (χ2v) is 9.86. The van der Waals surface area contributed by atoms with E-state index in [0.717, 1.165) is 0 Å². The molecule has 4 atom stereocenters.